The molecule has 4 heteroatoms. The van der Waals surface area contributed by atoms with Gasteiger partial charge in [-0.05, 0) is 6.42 Å². The Kier molecular flexibility index (Phi) is 1.81. The topological polar surface area (TPSA) is 58.6 Å². The molecule has 4 nitrogen and oxygen atoms in total. The fourth-order valence-corrected chi connectivity index (χ4v) is 1.34. The van der Waals surface area contributed by atoms with Gasteiger partial charge >= 0.3 is 0 Å². The Morgan fingerprint density at radius 1 is 1.46 bits per heavy atom. The van der Waals surface area contributed by atoms with E-state index in [4.69, 9.17) is 0 Å². The third-order valence-corrected chi connectivity index (χ3v) is 1.96. The van der Waals surface area contributed by atoms with Gasteiger partial charge in [-0.3, -0.25) is 4.79 Å². The summed E-state index contributed by atoms with van der Waals surface area (Å²) in [4.78, 5) is 22.4. The van der Waals surface area contributed by atoms with E-state index >= 15 is 0 Å². The van der Waals surface area contributed by atoms with Crippen molar-refractivity contribution in [3.63, 3.8) is 0 Å². The van der Waals surface area contributed by atoms with Crippen LogP contribution in [0.25, 0.3) is 11.0 Å². The van der Waals surface area contributed by atoms with E-state index in [1.165, 1.54) is 12.4 Å². The Balaban J connectivity index is 2.95. The number of rotatable bonds is 1. The third-order valence-electron chi connectivity index (χ3n) is 1.96. The van der Waals surface area contributed by atoms with Crippen LogP contribution in [0.2, 0.25) is 0 Å². The van der Waals surface area contributed by atoms with Gasteiger partial charge in [0.05, 0.1) is 11.1 Å². The van der Waals surface area contributed by atoms with Gasteiger partial charge in [-0.15, -0.1) is 0 Å². The predicted octanol–water partition coefficient (Wildman–Crippen LogP) is 0.880. The number of nitrogens with one attached hydrogen (secondary N) is 1. The zero-order valence-electron chi connectivity index (χ0n) is 7.24. The molecule has 2 rings (SSSR count). The number of pyridine rings is 1. The number of aromatic nitrogens is 3. The monoisotopic (exact) mass is 175 g/mol. The Hall–Kier alpha value is -1.71. The van der Waals surface area contributed by atoms with Crippen LogP contribution in [-0.2, 0) is 6.42 Å². The highest BCUT2D eigenvalue weighted by Gasteiger charge is 2.04. The lowest BCUT2D eigenvalue weighted by atomic mass is 10.2. The van der Waals surface area contributed by atoms with Crippen molar-refractivity contribution >= 4 is 11.0 Å². The molecule has 0 aromatic carbocycles. The lowest BCUT2D eigenvalue weighted by molar-refractivity contribution is 1.02. The van der Waals surface area contributed by atoms with Gasteiger partial charge in [-0.1, -0.05) is 6.92 Å². The SMILES string of the molecule is CCc1ncnc2[nH]ccc(=O)c12. The highest BCUT2D eigenvalue weighted by molar-refractivity contribution is 5.76. The summed E-state index contributed by atoms with van der Waals surface area (Å²) in [6, 6.07) is 1.49. The molecule has 1 N–H and O–H groups in total. The molecule has 2 heterocycles. The average Bonchev–Trinajstić information content (AvgIpc) is 2.17. The molecule has 2 aromatic heterocycles. The number of fused-ring (bicyclic) bond motifs is 1. The van der Waals surface area contributed by atoms with Crippen molar-refractivity contribution in [1.82, 2.24) is 15.0 Å². The quantitative estimate of drug-likeness (QED) is 0.699. The summed E-state index contributed by atoms with van der Waals surface area (Å²) in [6.07, 6.45) is 3.81. The van der Waals surface area contributed by atoms with Crippen molar-refractivity contribution in [2.45, 2.75) is 13.3 Å². The summed E-state index contributed by atoms with van der Waals surface area (Å²) < 4.78 is 0. The van der Waals surface area contributed by atoms with E-state index < -0.39 is 0 Å². The van der Waals surface area contributed by atoms with Gasteiger partial charge in [0.2, 0.25) is 0 Å². The van der Waals surface area contributed by atoms with Crippen LogP contribution < -0.4 is 5.43 Å². The van der Waals surface area contributed by atoms with Crippen LogP contribution in [0.15, 0.2) is 23.4 Å². The molecular weight excluding hydrogens is 166 g/mol. The van der Waals surface area contributed by atoms with E-state index in [-0.39, 0.29) is 5.43 Å². The Morgan fingerprint density at radius 2 is 2.31 bits per heavy atom. The lowest BCUT2D eigenvalue weighted by Gasteiger charge is -1.99. The molecule has 0 saturated carbocycles. The maximum absolute atomic E-state index is 11.5. The molecule has 0 aliphatic carbocycles. The maximum atomic E-state index is 11.5. The van der Waals surface area contributed by atoms with E-state index in [1.54, 1.807) is 6.20 Å². The fraction of sp³-hybridized carbons (Fsp3) is 0.222. The van der Waals surface area contributed by atoms with Crippen molar-refractivity contribution in [2.75, 3.05) is 0 Å². The van der Waals surface area contributed by atoms with E-state index in [9.17, 15) is 4.79 Å². The zero-order valence-corrected chi connectivity index (χ0v) is 7.24. The second kappa shape index (κ2) is 2.97. The molecule has 0 amide bonds. The van der Waals surface area contributed by atoms with Crippen LogP contribution in [0.4, 0.5) is 0 Å². The van der Waals surface area contributed by atoms with E-state index in [1.807, 2.05) is 6.92 Å². The van der Waals surface area contributed by atoms with Crippen molar-refractivity contribution in [3.05, 3.63) is 34.5 Å². The molecule has 0 spiro atoms. The van der Waals surface area contributed by atoms with Crippen LogP contribution in [0.1, 0.15) is 12.6 Å². The molecule has 0 fully saturated rings. The second-order valence-corrected chi connectivity index (χ2v) is 2.74. The second-order valence-electron chi connectivity index (χ2n) is 2.74. The van der Waals surface area contributed by atoms with Gasteiger partial charge in [0.1, 0.15) is 12.0 Å². The van der Waals surface area contributed by atoms with Crippen LogP contribution in [0.3, 0.4) is 0 Å². The summed E-state index contributed by atoms with van der Waals surface area (Å²) in [5.41, 5.74) is 1.39. The largest absolute Gasteiger partial charge is 0.346 e. The molecule has 0 aliphatic rings. The van der Waals surface area contributed by atoms with Crippen molar-refractivity contribution in [3.8, 4) is 0 Å². The molecule has 2 aromatic rings. The first kappa shape index (κ1) is 7.91. The number of aromatic amines is 1. The highest BCUT2D eigenvalue weighted by atomic mass is 16.1. The Bertz CT molecular complexity index is 484. The number of hydrogen-bond donors (Lipinski definition) is 1. The molecular formula is C9H9N3O. The third kappa shape index (κ3) is 1.20. The number of aryl methyl sites for hydroxylation is 1. The van der Waals surface area contributed by atoms with E-state index in [0.717, 1.165) is 12.1 Å². The van der Waals surface area contributed by atoms with Gasteiger partial charge in [0, 0.05) is 12.3 Å². The molecule has 0 unspecified atom stereocenters. The van der Waals surface area contributed by atoms with Crippen LogP contribution in [0.5, 0.6) is 0 Å². The summed E-state index contributed by atoms with van der Waals surface area (Å²) in [7, 11) is 0. The van der Waals surface area contributed by atoms with Gasteiger partial charge in [0.15, 0.2) is 5.43 Å². The first-order valence-corrected chi connectivity index (χ1v) is 4.14. The molecule has 0 aliphatic heterocycles. The lowest BCUT2D eigenvalue weighted by Crippen LogP contribution is -2.06. The maximum Gasteiger partial charge on any atom is 0.192 e. The average molecular weight is 175 g/mol. The summed E-state index contributed by atoms with van der Waals surface area (Å²) in [5.74, 6) is 0. The first-order valence-electron chi connectivity index (χ1n) is 4.14. The zero-order chi connectivity index (χ0) is 9.26. The van der Waals surface area contributed by atoms with Crippen molar-refractivity contribution in [2.24, 2.45) is 0 Å². The van der Waals surface area contributed by atoms with Gasteiger partial charge < -0.3 is 4.98 Å². The van der Waals surface area contributed by atoms with Crippen LogP contribution in [0, 0.1) is 0 Å². The minimum atomic E-state index is -0.0220. The van der Waals surface area contributed by atoms with Gasteiger partial charge in [-0.25, -0.2) is 9.97 Å². The minimum Gasteiger partial charge on any atom is -0.346 e. The highest BCUT2D eigenvalue weighted by Crippen LogP contribution is 2.06. The Morgan fingerprint density at radius 3 is 3.08 bits per heavy atom. The molecule has 66 valence electrons. The smallest absolute Gasteiger partial charge is 0.192 e. The minimum absolute atomic E-state index is 0.0220. The number of nitrogens with zero attached hydrogens (tertiary/aromatic N) is 2. The first-order chi connectivity index (χ1) is 6.33. The van der Waals surface area contributed by atoms with Gasteiger partial charge in [-0.2, -0.15) is 0 Å². The van der Waals surface area contributed by atoms with Crippen molar-refractivity contribution < 1.29 is 0 Å². The van der Waals surface area contributed by atoms with Gasteiger partial charge in [0.25, 0.3) is 0 Å². The number of hydrogen-bond acceptors (Lipinski definition) is 3. The van der Waals surface area contributed by atoms with Crippen LogP contribution in [-0.4, -0.2) is 15.0 Å². The van der Waals surface area contributed by atoms with Crippen LogP contribution >= 0.6 is 0 Å². The molecule has 0 radical (unpaired) electrons. The fourth-order valence-electron chi connectivity index (χ4n) is 1.34. The summed E-state index contributed by atoms with van der Waals surface area (Å²) in [5, 5.41) is 0.604. The molecule has 0 atom stereocenters. The van der Waals surface area contributed by atoms with E-state index in [2.05, 4.69) is 15.0 Å². The normalized spacial score (nSPS) is 10.5. The van der Waals surface area contributed by atoms with E-state index in [0.29, 0.717) is 11.0 Å². The standard InChI is InChI=1S/C9H9N3O/c1-2-6-8-7(13)3-4-10-9(8)12-5-11-6/h3-5H,2H2,1H3,(H,10,11,12,13). The number of H-pyrrole nitrogens is 1. The summed E-state index contributed by atoms with van der Waals surface area (Å²) >= 11 is 0. The molecule has 0 saturated heterocycles. The Labute approximate surface area is 74.7 Å². The van der Waals surface area contributed by atoms with Crippen molar-refractivity contribution in [1.29, 1.82) is 0 Å². The molecule has 13 heavy (non-hydrogen) atoms. The predicted molar refractivity (Wildman–Crippen MR) is 49.5 cm³/mol. The molecule has 0 bridgehead atoms. The summed E-state index contributed by atoms with van der Waals surface area (Å²) in [6.45, 7) is 1.97.